The SMILES string of the molecule is CNC(=O)c1c(-c2ccc(F)cc2)oc2cc(N(C)S(C)(=O)=O)c(-c3cccc(-c4ccc5ncccc5c4)c3)cc12. The third kappa shape index (κ3) is 4.88. The number of anilines is 1. The summed E-state index contributed by atoms with van der Waals surface area (Å²) < 4.78 is 46.5. The van der Waals surface area contributed by atoms with E-state index in [2.05, 4.69) is 16.4 Å². The molecule has 1 amide bonds. The number of sulfonamides is 1. The first-order valence-corrected chi connectivity index (χ1v) is 15.0. The number of halogens is 1. The monoisotopic (exact) mass is 579 g/mol. The highest BCUT2D eigenvalue weighted by molar-refractivity contribution is 7.92. The summed E-state index contributed by atoms with van der Waals surface area (Å²) in [5, 5.41) is 4.16. The average molecular weight is 580 g/mol. The Morgan fingerprint density at radius 3 is 2.33 bits per heavy atom. The molecule has 0 aliphatic heterocycles. The van der Waals surface area contributed by atoms with Crippen LogP contribution in [-0.4, -0.2) is 39.7 Å². The molecule has 1 N–H and O–H groups in total. The lowest BCUT2D eigenvalue weighted by molar-refractivity contribution is 0.0964. The summed E-state index contributed by atoms with van der Waals surface area (Å²) in [6.45, 7) is 0. The van der Waals surface area contributed by atoms with Crippen LogP contribution in [0.3, 0.4) is 0 Å². The summed E-state index contributed by atoms with van der Waals surface area (Å²) in [5.74, 6) is -0.548. The Labute approximate surface area is 242 Å². The zero-order valence-electron chi connectivity index (χ0n) is 23.1. The summed E-state index contributed by atoms with van der Waals surface area (Å²) in [5.41, 5.74) is 5.62. The first-order valence-electron chi connectivity index (χ1n) is 13.1. The fourth-order valence-electron chi connectivity index (χ4n) is 5.08. The molecular formula is C33H26FN3O4S. The van der Waals surface area contributed by atoms with E-state index in [9.17, 15) is 17.6 Å². The number of aromatic nitrogens is 1. The molecule has 2 heterocycles. The fourth-order valence-corrected chi connectivity index (χ4v) is 5.59. The molecule has 0 aliphatic rings. The van der Waals surface area contributed by atoms with Crippen LogP contribution in [0.1, 0.15) is 10.4 Å². The van der Waals surface area contributed by atoms with Gasteiger partial charge in [0.15, 0.2) is 0 Å². The smallest absolute Gasteiger partial charge is 0.255 e. The van der Waals surface area contributed by atoms with Gasteiger partial charge in [-0.05, 0) is 71.3 Å². The summed E-state index contributed by atoms with van der Waals surface area (Å²) in [4.78, 5) is 17.6. The van der Waals surface area contributed by atoms with Crippen molar-refractivity contribution in [1.29, 1.82) is 0 Å². The number of hydrogen-bond acceptors (Lipinski definition) is 5. The van der Waals surface area contributed by atoms with E-state index in [0.717, 1.165) is 33.8 Å². The van der Waals surface area contributed by atoms with Gasteiger partial charge in [-0.25, -0.2) is 12.8 Å². The number of carbonyl (C=O) groups is 1. The Morgan fingerprint density at radius 1 is 0.881 bits per heavy atom. The van der Waals surface area contributed by atoms with Gasteiger partial charge in [-0.2, -0.15) is 0 Å². The molecule has 0 unspecified atom stereocenters. The summed E-state index contributed by atoms with van der Waals surface area (Å²) in [6, 6.07) is 26.7. The second kappa shape index (κ2) is 10.4. The number of fused-ring (bicyclic) bond motifs is 2. The van der Waals surface area contributed by atoms with Gasteiger partial charge in [0.05, 0.1) is 23.0 Å². The van der Waals surface area contributed by atoms with E-state index < -0.39 is 15.8 Å². The zero-order valence-corrected chi connectivity index (χ0v) is 23.9. The molecule has 7 nitrogen and oxygen atoms in total. The largest absolute Gasteiger partial charge is 0.455 e. The van der Waals surface area contributed by atoms with Crippen LogP contribution in [0.5, 0.6) is 0 Å². The van der Waals surface area contributed by atoms with Crippen molar-refractivity contribution in [3.63, 3.8) is 0 Å². The van der Waals surface area contributed by atoms with Crippen molar-refractivity contribution < 1.29 is 22.0 Å². The molecule has 6 aromatic rings. The van der Waals surface area contributed by atoms with Gasteiger partial charge in [0, 0.05) is 48.3 Å². The number of carbonyl (C=O) groups excluding carboxylic acids is 1. The molecule has 6 rings (SSSR count). The average Bonchev–Trinajstić information content (AvgIpc) is 3.37. The molecule has 0 bridgehead atoms. The number of benzene rings is 4. The normalized spacial score (nSPS) is 11.6. The maximum atomic E-state index is 13.7. The van der Waals surface area contributed by atoms with Crippen molar-refractivity contribution in [3.8, 4) is 33.6 Å². The highest BCUT2D eigenvalue weighted by atomic mass is 32.2. The maximum absolute atomic E-state index is 13.7. The van der Waals surface area contributed by atoms with Gasteiger partial charge in [0.2, 0.25) is 10.0 Å². The topological polar surface area (TPSA) is 92.5 Å². The molecule has 0 radical (unpaired) electrons. The van der Waals surface area contributed by atoms with Crippen LogP contribution in [0.2, 0.25) is 0 Å². The lowest BCUT2D eigenvalue weighted by Crippen LogP contribution is -2.25. The number of furan rings is 1. The highest BCUT2D eigenvalue weighted by Crippen LogP contribution is 2.42. The van der Waals surface area contributed by atoms with Gasteiger partial charge < -0.3 is 9.73 Å². The Balaban J connectivity index is 1.60. The molecule has 2 aromatic heterocycles. The van der Waals surface area contributed by atoms with Gasteiger partial charge in [-0.15, -0.1) is 0 Å². The standard InChI is InChI=1S/C33H26FN3O4S/c1-35-33(38)31-27-18-26(23-7-4-6-21(16-23)22-11-14-28-24(17-22)8-5-15-36-28)29(37(2)42(3,39)40)19-30(27)41-32(31)20-9-12-25(34)13-10-20/h4-19H,1-3H3,(H,35,38). The Morgan fingerprint density at radius 2 is 1.60 bits per heavy atom. The number of pyridine rings is 1. The van der Waals surface area contributed by atoms with Crippen LogP contribution in [0, 0.1) is 5.82 Å². The number of nitrogens with zero attached hydrogens (tertiary/aromatic N) is 2. The van der Waals surface area contributed by atoms with Crippen molar-refractivity contribution >= 4 is 43.5 Å². The van der Waals surface area contributed by atoms with Crippen LogP contribution in [0.15, 0.2) is 102 Å². The zero-order chi connectivity index (χ0) is 29.6. The number of rotatable bonds is 6. The van der Waals surface area contributed by atoms with Crippen LogP contribution >= 0.6 is 0 Å². The van der Waals surface area contributed by atoms with E-state index in [1.807, 2.05) is 48.5 Å². The second-order valence-corrected chi connectivity index (χ2v) is 12.0. The molecule has 0 atom stereocenters. The number of nitrogens with one attached hydrogen (secondary N) is 1. The van der Waals surface area contributed by atoms with Crippen LogP contribution < -0.4 is 9.62 Å². The van der Waals surface area contributed by atoms with E-state index in [0.29, 0.717) is 27.8 Å². The molecule has 0 aliphatic carbocycles. The lowest BCUT2D eigenvalue weighted by atomic mass is 9.95. The molecule has 0 spiro atoms. The van der Waals surface area contributed by atoms with Gasteiger partial charge in [-0.1, -0.05) is 30.3 Å². The molecular weight excluding hydrogens is 553 g/mol. The molecule has 4 aromatic carbocycles. The molecule has 0 saturated carbocycles. The van der Waals surface area contributed by atoms with Gasteiger partial charge >= 0.3 is 0 Å². The number of hydrogen-bond donors (Lipinski definition) is 1. The third-order valence-electron chi connectivity index (χ3n) is 7.31. The predicted molar refractivity (Wildman–Crippen MR) is 164 cm³/mol. The third-order valence-corrected chi connectivity index (χ3v) is 8.51. The lowest BCUT2D eigenvalue weighted by Gasteiger charge is -2.21. The van der Waals surface area contributed by atoms with E-state index in [1.165, 1.54) is 42.7 Å². The fraction of sp³-hybridized carbons (Fsp3) is 0.0909. The van der Waals surface area contributed by atoms with Crippen molar-refractivity contribution in [2.24, 2.45) is 0 Å². The summed E-state index contributed by atoms with van der Waals surface area (Å²) in [7, 11) is -0.665. The molecule has 42 heavy (non-hydrogen) atoms. The van der Waals surface area contributed by atoms with Crippen molar-refractivity contribution in [1.82, 2.24) is 10.3 Å². The predicted octanol–water partition coefficient (Wildman–Crippen LogP) is 6.88. The molecule has 0 saturated heterocycles. The molecule has 0 fully saturated rings. The minimum Gasteiger partial charge on any atom is -0.455 e. The quantitative estimate of drug-likeness (QED) is 0.232. The molecule has 210 valence electrons. The summed E-state index contributed by atoms with van der Waals surface area (Å²) >= 11 is 0. The van der Waals surface area contributed by atoms with Crippen LogP contribution in [0.25, 0.3) is 55.4 Å². The minimum atomic E-state index is -3.66. The van der Waals surface area contributed by atoms with Crippen molar-refractivity contribution in [2.75, 3.05) is 24.7 Å². The Bertz CT molecular complexity index is 2100. The van der Waals surface area contributed by atoms with Gasteiger partial charge in [0.1, 0.15) is 17.2 Å². The first kappa shape index (κ1) is 27.2. The second-order valence-electron chi connectivity index (χ2n) is 9.98. The highest BCUT2D eigenvalue weighted by Gasteiger charge is 2.26. The van der Waals surface area contributed by atoms with Crippen molar-refractivity contribution in [3.05, 3.63) is 109 Å². The van der Waals surface area contributed by atoms with Gasteiger partial charge in [0.25, 0.3) is 5.91 Å². The molecule has 9 heteroatoms. The Kier molecular flexibility index (Phi) is 6.74. The minimum absolute atomic E-state index is 0.257. The van der Waals surface area contributed by atoms with Crippen LogP contribution in [0.4, 0.5) is 10.1 Å². The van der Waals surface area contributed by atoms with Gasteiger partial charge in [-0.3, -0.25) is 14.1 Å². The maximum Gasteiger partial charge on any atom is 0.255 e. The Hall–Kier alpha value is -5.02. The first-order chi connectivity index (χ1) is 20.1. The summed E-state index contributed by atoms with van der Waals surface area (Å²) in [6.07, 6.45) is 2.88. The van der Waals surface area contributed by atoms with E-state index in [4.69, 9.17) is 4.42 Å². The van der Waals surface area contributed by atoms with Crippen LogP contribution in [-0.2, 0) is 10.0 Å². The van der Waals surface area contributed by atoms with E-state index in [-0.39, 0.29) is 17.2 Å². The van der Waals surface area contributed by atoms with Crippen molar-refractivity contribution in [2.45, 2.75) is 0 Å². The van der Waals surface area contributed by atoms with E-state index >= 15 is 0 Å². The number of amides is 1. The van der Waals surface area contributed by atoms with E-state index in [1.54, 1.807) is 18.3 Å².